The molecule has 1 aliphatic heterocycles. The second-order valence-corrected chi connectivity index (χ2v) is 8.36. The molecule has 1 N–H and O–H groups in total. The van der Waals surface area contributed by atoms with Crippen LogP contribution in [-0.4, -0.2) is 23.3 Å². The number of hydrogen-bond donors (Lipinski definition) is 1. The molecule has 1 aromatic rings. The van der Waals surface area contributed by atoms with Crippen molar-refractivity contribution in [1.29, 1.82) is 0 Å². The van der Waals surface area contributed by atoms with E-state index in [0.717, 1.165) is 25.7 Å². The Hall–Kier alpha value is -1.84. The third kappa shape index (κ3) is 2.41. The van der Waals surface area contributed by atoms with Gasteiger partial charge in [-0.1, -0.05) is 31.4 Å². The van der Waals surface area contributed by atoms with E-state index in [4.69, 9.17) is 4.74 Å². The Morgan fingerprint density at radius 2 is 1.92 bits per heavy atom. The molecule has 1 amide bonds. The first kappa shape index (κ1) is 15.4. The van der Waals surface area contributed by atoms with Crippen LogP contribution in [0.15, 0.2) is 24.3 Å². The number of carbonyl (C=O) groups excluding carboxylic acids is 2. The van der Waals surface area contributed by atoms with Crippen molar-refractivity contribution in [1.82, 2.24) is 5.32 Å². The molecule has 3 fully saturated rings. The molecular formula is C21H25NO3. The molecule has 4 aliphatic rings. The van der Waals surface area contributed by atoms with E-state index in [9.17, 15) is 9.59 Å². The van der Waals surface area contributed by atoms with Gasteiger partial charge in [-0.15, -0.1) is 0 Å². The van der Waals surface area contributed by atoms with Gasteiger partial charge in [0.25, 0.3) is 0 Å². The summed E-state index contributed by atoms with van der Waals surface area (Å²) in [7, 11) is 0. The molecule has 5 rings (SSSR count). The summed E-state index contributed by atoms with van der Waals surface area (Å²) >= 11 is 0. The molecule has 1 aromatic carbocycles. The zero-order chi connectivity index (χ0) is 17.0. The summed E-state index contributed by atoms with van der Waals surface area (Å²) in [5.74, 6) is 1.75. The van der Waals surface area contributed by atoms with Gasteiger partial charge in [0.1, 0.15) is 11.4 Å². The zero-order valence-corrected chi connectivity index (χ0v) is 14.5. The molecule has 0 bridgehead atoms. The minimum Gasteiger partial charge on any atom is -0.486 e. The van der Waals surface area contributed by atoms with Crippen molar-refractivity contribution in [3.63, 3.8) is 0 Å². The van der Waals surface area contributed by atoms with Crippen LogP contribution in [0.25, 0.3) is 0 Å². The SMILES string of the molecule is O=C1C[C@@]2(CC[C@@H]3[C@@H](C(=O)NC4CCCCC4)[C@@H]32)Oc2ccccc21. The highest BCUT2D eigenvalue weighted by atomic mass is 16.5. The van der Waals surface area contributed by atoms with Gasteiger partial charge in [-0.2, -0.15) is 0 Å². The molecule has 4 nitrogen and oxygen atoms in total. The number of rotatable bonds is 2. The fraction of sp³-hybridized carbons (Fsp3) is 0.619. The molecule has 25 heavy (non-hydrogen) atoms. The van der Waals surface area contributed by atoms with Gasteiger partial charge >= 0.3 is 0 Å². The highest BCUT2D eigenvalue weighted by molar-refractivity contribution is 6.00. The lowest BCUT2D eigenvalue weighted by Gasteiger charge is -2.37. The van der Waals surface area contributed by atoms with Crippen LogP contribution in [0.2, 0.25) is 0 Å². The van der Waals surface area contributed by atoms with E-state index in [1.54, 1.807) is 0 Å². The lowest BCUT2D eigenvalue weighted by Crippen LogP contribution is -2.45. The molecule has 4 atom stereocenters. The Labute approximate surface area is 148 Å². The van der Waals surface area contributed by atoms with E-state index in [2.05, 4.69) is 5.32 Å². The summed E-state index contributed by atoms with van der Waals surface area (Å²) in [5, 5.41) is 3.28. The van der Waals surface area contributed by atoms with Gasteiger partial charge in [-0.3, -0.25) is 9.59 Å². The summed E-state index contributed by atoms with van der Waals surface area (Å²) in [5.41, 5.74) is 0.255. The van der Waals surface area contributed by atoms with Gasteiger partial charge < -0.3 is 10.1 Å². The third-order valence-corrected chi connectivity index (χ3v) is 6.89. The van der Waals surface area contributed by atoms with E-state index in [1.165, 1.54) is 19.3 Å². The first-order chi connectivity index (χ1) is 12.2. The average Bonchev–Trinajstić information content (AvgIpc) is 3.28. The number of amides is 1. The van der Waals surface area contributed by atoms with Crippen LogP contribution >= 0.6 is 0 Å². The molecule has 0 unspecified atom stereocenters. The fourth-order valence-corrected chi connectivity index (χ4v) is 5.66. The van der Waals surface area contributed by atoms with Crippen LogP contribution in [0, 0.1) is 17.8 Å². The van der Waals surface area contributed by atoms with Crippen LogP contribution in [0.3, 0.4) is 0 Å². The molecule has 3 aliphatic carbocycles. The highest BCUT2D eigenvalue weighted by Gasteiger charge is 2.70. The van der Waals surface area contributed by atoms with E-state index in [1.807, 2.05) is 24.3 Å². The van der Waals surface area contributed by atoms with Crippen LogP contribution in [0.5, 0.6) is 5.75 Å². The number of para-hydroxylation sites is 1. The van der Waals surface area contributed by atoms with Crippen molar-refractivity contribution in [2.24, 2.45) is 17.8 Å². The topological polar surface area (TPSA) is 55.4 Å². The Balaban J connectivity index is 1.33. The quantitative estimate of drug-likeness (QED) is 0.897. The number of benzene rings is 1. The van der Waals surface area contributed by atoms with Crippen molar-refractivity contribution in [2.75, 3.05) is 0 Å². The van der Waals surface area contributed by atoms with E-state index < -0.39 is 5.60 Å². The summed E-state index contributed by atoms with van der Waals surface area (Å²) in [4.78, 5) is 25.4. The van der Waals surface area contributed by atoms with Crippen LogP contribution in [0.4, 0.5) is 0 Å². The van der Waals surface area contributed by atoms with Crippen molar-refractivity contribution in [3.8, 4) is 5.75 Å². The predicted octanol–water partition coefficient (Wildman–Crippen LogP) is 3.50. The summed E-state index contributed by atoms with van der Waals surface area (Å²) in [6, 6.07) is 7.89. The van der Waals surface area contributed by atoms with Crippen LogP contribution < -0.4 is 10.1 Å². The van der Waals surface area contributed by atoms with E-state index in [0.29, 0.717) is 29.7 Å². The maximum atomic E-state index is 12.8. The monoisotopic (exact) mass is 339 g/mol. The second-order valence-electron chi connectivity index (χ2n) is 8.36. The van der Waals surface area contributed by atoms with Crippen LogP contribution in [-0.2, 0) is 4.79 Å². The predicted molar refractivity (Wildman–Crippen MR) is 93.5 cm³/mol. The highest BCUT2D eigenvalue weighted by Crippen LogP contribution is 2.65. The van der Waals surface area contributed by atoms with E-state index in [-0.39, 0.29) is 23.5 Å². The lowest BCUT2D eigenvalue weighted by molar-refractivity contribution is -0.125. The van der Waals surface area contributed by atoms with Gasteiger partial charge in [0.2, 0.25) is 5.91 Å². The van der Waals surface area contributed by atoms with Gasteiger partial charge in [0.15, 0.2) is 5.78 Å². The molecule has 0 aromatic heterocycles. The summed E-state index contributed by atoms with van der Waals surface area (Å²) in [6.45, 7) is 0. The number of carbonyl (C=O) groups is 2. The largest absolute Gasteiger partial charge is 0.486 e. The minimum absolute atomic E-state index is 0.0498. The molecule has 3 saturated carbocycles. The first-order valence-electron chi connectivity index (χ1n) is 9.80. The normalized spacial score (nSPS) is 36.5. The van der Waals surface area contributed by atoms with Gasteiger partial charge in [-0.05, 0) is 43.7 Å². The van der Waals surface area contributed by atoms with E-state index >= 15 is 0 Å². The number of Topliss-reactive ketones (excluding diaryl/α,β-unsaturated/α-hetero) is 1. The zero-order valence-electron chi connectivity index (χ0n) is 14.5. The Morgan fingerprint density at radius 1 is 1.12 bits per heavy atom. The summed E-state index contributed by atoms with van der Waals surface area (Å²) < 4.78 is 6.37. The maximum absolute atomic E-state index is 12.8. The number of ketones is 1. The molecule has 132 valence electrons. The Kier molecular flexibility index (Phi) is 3.44. The van der Waals surface area contributed by atoms with Gasteiger partial charge in [-0.25, -0.2) is 0 Å². The number of fused-ring (bicyclic) bond motifs is 3. The Morgan fingerprint density at radius 3 is 2.76 bits per heavy atom. The summed E-state index contributed by atoms with van der Waals surface area (Å²) in [6.07, 6.45) is 8.29. The fourth-order valence-electron chi connectivity index (χ4n) is 5.66. The van der Waals surface area contributed by atoms with Crippen molar-refractivity contribution in [3.05, 3.63) is 29.8 Å². The third-order valence-electron chi connectivity index (χ3n) is 6.89. The number of ether oxygens (including phenoxy) is 1. The number of nitrogens with one attached hydrogen (secondary N) is 1. The Bertz CT molecular complexity index is 724. The lowest BCUT2D eigenvalue weighted by atomic mass is 9.84. The van der Waals surface area contributed by atoms with Gasteiger partial charge in [0, 0.05) is 17.9 Å². The van der Waals surface area contributed by atoms with Crippen LogP contribution in [0.1, 0.15) is 61.7 Å². The molecule has 1 heterocycles. The standard InChI is InChI=1S/C21H25NO3/c23-16-12-21(25-17-9-5-4-8-14(16)17)11-10-15-18(19(15)21)20(24)22-13-6-2-1-3-7-13/h4-5,8-9,13,15,18-19H,1-3,6-7,10-12H2,(H,22,24)/t15-,18-,19-,21-/m1/s1. The average molecular weight is 339 g/mol. The molecular weight excluding hydrogens is 314 g/mol. The molecule has 0 saturated heterocycles. The van der Waals surface area contributed by atoms with Gasteiger partial charge in [0.05, 0.1) is 12.0 Å². The molecule has 4 heteroatoms. The van der Waals surface area contributed by atoms with Crippen molar-refractivity contribution in [2.45, 2.75) is 63.0 Å². The molecule has 1 spiro atoms. The maximum Gasteiger partial charge on any atom is 0.224 e. The first-order valence-corrected chi connectivity index (χ1v) is 9.80. The number of hydrogen-bond acceptors (Lipinski definition) is 3. The minimum atomic E-state index is -0.440. The second kappa shape index (κ2) is 5.58. The molecule has 0 radical (unpaired) electrons. The van der Waals surface area contributed by atoms with Crippen molar-refractivity contribution >= 4 is 11.7 Å². The van der Waals surface area contributed by atoms with Crippen molar-refractivity contribution < 1.29 is 14.3 Å². The smallest absolute Gasteiger partial charge is 0.224 e.